The summed E-state index contributed by atoms with van der Waals surface area (Å²) in [6.45, 7) is 2.88. The van der Waals surface area contributed by atoms with E-state index in [1.807, 2.05) is 0 Å². The lowest BCUT2D eigenvalue weighted by molar-refractivity contribution is 0.0696. The van der Waals surface area contributed by atoms with Crippen molar-refractivity contribution in [3.8, 4) is 0 Å². The highest BCUT2D eigenvalue weighted by atomic mass is 16.4. The minimum Gasteiger partial charge on any atom is -0.478 e. The zero-order valence-electron chi connectivity index (χ0n) is 8.66. The molecule has 0 atom stereocenters. The van der Waals surface area contributed by atoms with Crippen molar-refractivity contribution in [3.05, 3.63) is 29.6 Å². The standard InChI is InChI=1S/C11H14N2O2/c1-11(4-5-11)13-7-9-3-2-8(6-12-9)10(14)15/h2-3,6,13H,4-5,7H2,1H3,(H,14,15). The highest BCUT2D eigenvalue weighted by molar-refractivity contribution is 5.87. The molecule has 2 N–H and O–H groups in total. The Labute approximate surface area is 88.3 Å². The predicted molar refractivity (Wildman–Crippen MR) is 55.7 cm³/mol. The molecule has 4 nitrogen and oxygen atoms in total. The number of carboxylic acid groups (broad SMARTS) is 1. The topological polar surface area (TPSA) is 62.2 Å². The van der Waals surface area contributed by atoms with Crippen molar-refractivity contribution in [2.75, 3.05) is 0 Å². The second-order valence-corrected chi connectivity index (χ2v) is 4.26. The third kappa shape index (κ3) is 2.53. The Balaban J connectivity index is 1.95. The number of carboxylic acids is 1. The van der Waals surface area contributed by atoms with E-state index < -0.39 is 5.97 Å². The first-order valence-electron chi connectivity index (χ1n) is 5.02. The molecule has 1 heterocycles. The van der Waals surface area contributed by atoms with Gasteiger partial charge in [-0.2, -0.15) is 0 Å². The van der Waals surface area contributed by atoms with Crippen molar-refractivity contribution in [1.29, 1.82) is 0 Å². The van der Waals surface area contributed by atoms with Crippen LogP contribution in [-0.4, -0.2) is 21.6 Å². The van der Waals surface area contributed by atoms with E-state index >= 15 is 0 Å². The lowest BCUT2D eigenvalue weighted by Gasteiger charge is -2.10. The van der Waals surface area contributed by atoms with Crippen LogP contribution >= 0.6 is 0 Å². The molecule has 0 radical (unpaired) electrons. The molecule has 0 unspecified atom stereocenters. The first-order chi connectivity index (χ1) is 7.09. The number of hydrogen-bond donors (Lipinski definition) is 2. The Morgan fingerprint density at radius 1 is 1.60 bits per heavy atom. The maximum absolute atomic E-state index is 10.6. The number of aromatic carboxylic acids is 1. The molecule has 4 heteroatoms. The maximum atomic E-state index is 10.6. The minimum atomic E-state index is -0.934. The molecule has 0 bridgehead atoms. The van der Waals surface area contributed by atoms with Crippen molar-refractivity contribution in [2.45, 2.75) is 31.8 Å². The molecule has 0 amide bonds. The molecule has 1 aliphatic carbocycles. The normalized spacial score (nSPS) is 17.4. The molecule has 15 heavy (non-hydrogen) atoms. The van der Waals surface area contributed by atoms with Gasteiger partial charge < -0.3 is 10.4 Å². The number of nitrogens with zero attached hydrogens (tertiary/aromatic N) is 1. The molecule has 0 spiro atoms. The number of nitrogens with one attached hydrogen (secondary N) is 1. The Bertz CT molecular complexity index is 369. The molecule has 2 rings (SSSR count). The molecule has 0 aliphatic heterocycles. The van der Waals surface area contributed by atoms with E-state index in [4.69, 9.17) is 5.11 Å². The van der Waals surface area contributed by atoms with Gasteiger partial charge in [0, 0.05) is 18.3 Å². The summed E-state index contributed by atoms with van der Waals surface area (Å²) >= 11 is 0. The van der Waals surface area contributed by atoms with E-state index in [1.165, 1.54) is 19.0 Å². The number of hydrogen-bond acceptors (Lipinski definition) is 3. The van der Waals surface area contributed by atoms with Crippen LogP contribution in [-0.2, 0) is 6.54 Å². The van der Waals surface area contributed by atoms with Crippen LogP contribution in [0.2, 0.25) is 0 Å². The number of pyridine rings is 1. The van der Waals surface area contributed by atoms with Crippen molar-refractivity contribution in [2.24, 2.45) is 0 Å². The van der Waals surface area contributed by atoms with Gasteiger partial charge in [-0.25, -0.2) is 4.79 Å². The highest BCUT2D eigenvalue weighted by Gasteiger charge is 2.36. The first kappa shape index (κ1) is 10.1. The van der Waals surface area contributed by atoms with Gasteiger partial charge in [0.25, 0.3) is 0 Å². The van der Waals surface area contributed by atoms with Crippen LogP contribution in [0.25, 0.3) is 0 Å². The summed E-state index contributed by atoms with van der Waals surface area (Å²) in [4.78, 5) is 14.7. The van der Waals surface area contributed by atoms with Gasteiger partial charge in [0.05, 0.1) is 11.3 Å². The summed E-state index contributed by atoms with van der Waals surface area (Å²) in [5.74, 6) is -0.934. The van der Waals surface area contributed by atoms with Gasteiger partial charge in [-0.3, -0.25) is 4.98 Å². The van der Waals surface area contributed by atoms with Crippen LogP contribution in [0.5, 0.6) is 0 Å². The van der Waals surface area contributed by atoms with Gasteiger partial charge in [0.2, 0.25) is 0 Å². The Morgan fingerprint density at radius 3 is 2.80 bits per heavy atom. The quantitative estimate of drug-likeness (QED) is 0.782. The number of aromatic nitrogens is 1. The molecular weight excluding hydrogens is 192 g/mol. The van der Waals surface area contributed by atoms with E-state index in [-0.39, 0.29) is 11.1 Å². The Morgan fingerprint density at radius 2 is 2.33 bits per heavy atom. The molecule has 80 valence electrons. The molecule has 0 saturated heterocycles. The fourth-order valence-corrected chi connectivity index (χ4v) is 1.32. The monoisotopic (exact) mass is 206 g/mol. The summed E-state index contributed by atoms with van der Waals surface area (Å²) in [6.07, 6.45) is 3.81. The smallest absolute Gasteiger partial charge is 0.337 e. The largest absolute Gasteiger partial charge is 0.478 e. The minimum absolute atomic E-state index is 0.233. The van der Waals surface area contributed by atoms with Crippen LogP contribution in [0.15, 0.2) is 18.3 Å². The van der Waals surface area contributed by atoms with Gasteiger partial charge >= 0.3 is 5.97 Å². The Kier molecular flexibility index (Phi) is 2.44. The summed E-state index contributed by atoms with van der Waals surface area (Å²) in [5, 5.41) is 12.1. The second-order valence-electron chi connectivity index (χ2n) is 4.26. The average molecular weight is 206 g/mol. The zero-order chi connectivity index (χ0) is 10.9. The van der Waals surface area contributed by atoms with E-state index in [1.54, 1.807) is 12.1 Å². The molecule has 1 saturated carbocycles. The third-order valence-corrected chi connectivity index (χ3v) is 2.77. The SMILES string of the molecule is CC1(NCc2ccc(C(=O)O)cn2)CC1. The van der Waals surface area contributed by atoms with Crippen LogP contribution in [0.1, 0.15) is 35.8 Å². The fourth-order valence-electron chi connectivity index (χ4n) is 1.32. The summed E-state index contributed by atoms with van der Waals surface area (Å²) < 4.78 is 0. The summed E-state index contributed by atoms with van der Waals surface area (Å²) in [7, 11) is 0. The number of carbonyl (C=O) groups is 1. The first-order valence-corrected chi connectivity index (χ1v) is 5.02. The maximum Gasteiger partial charge on any atom is 0.337 e. The molecule has 1 aromatic heterocycles. The molecule has 0 aromatic carbocycles. The van der Waals surface area contributed by atoms with Crippen LogP contribution < -0.4 is 5.32 Å². The molecule has 1 aromatic rings. The second kappa shape index (κ2) is 3.62. The van der Waals surface area contributed by atoms with Crippen molar-refractivity contribution in [3.63, 3.8) is 0 Å². The number of rotatable bonds is 4. The van der Waals surface area contributed by atoms with E-state index in [0.29, 0.717) is 6.54 Å². The summed E-state index contributed by atoms with van der Waals surface area (Å²) in [5.41, 5.74) is 1.40. The van der Waals surface area contributed by atoms with Crippen LogP contribution in [0.3, 0.4) is 0 Å². The molecule has 1 aliphatic rings. The van der Waals surface area contributed by atoms with E-state index in [2.05, 4.69) is 17.2 Å². The lowest BCUT2D eigenvalue weighted by atomic mass is 10.2. The van der Waals surface area contributed by atoms with Crippen LogP contribution in [0.4, 0.5) is 0 Å². The predicted octanol–water partition coefficient (Wildman–Crippen LogP) is 1.42. The summed E-state index contributed by atoms with van der Waals surface area (Å²) in [6, 6.07) is 3.34. The van der Waals surface area contributed by atoms with Crippen LogP contribution in [0, 0.1) is 0 Å². The molecular formula is C11H14N2O2. The average Bonchev–Trinajstić information content (AvgIpc) is 2.95. The van der Waals surface area contributed by atoms with Gasteiger partial charge in [-0.05, 0) is 31.9 Å². The van der Waals surface area contributed by atoms with Gasteiger partial charge in [-0.1, -0.05) is 0 Å². The van der Waals surface area contributed by atoms with Gasteiger partial charge in [0.15, 0.2) is 0 Å². The van der Waals surface area contributed by atoms with Gasteiger partial charge in [-0.15, -0.1) is 0 Å². The highest BCUT2D eigenvalue weighted by Crippen LogP contribution is 2.34. The van der Waals surface area contributed by atoms with Crippen molar-refractivity contribution >= 4 is 5.97 Å². The Hall–Kier alpha value is -1.42. The van der Waals surface area contributed by atoms with Gasteiger partial charge in [0.1, 0.15) is 0 Å². The van der Waals surface area contributed by atoms with E-state index in [0.717, 1.165) is 5.69 Å². The van der Waals surface area contributed by atoms with E-state index in [9.17, 15) is 4.79 Å². The third-order valence-electron chi connectivity index (χ3n) is 2.77. The molecule has 1 fully saturated rings. The zero-order valence-corrected chi connectivity index (χ0v) is 8.66. The fraction of sp³-hybridized carbons (Fsp3) is 0.455. The van der Waals surface area contributed by atoms with Crippen molar-refractivity contribution < 1.29 is 9.90 Å². The lowest BCUT2D eigenvalue weighted by Crippen LogP contribution is -2.27. The van der Waals surface area contributed by atoms with Crippen molar-refractivity contribution in [1.82, 2.24) is 10.3 Å².